The van der Waals surface area contributed by atoms with Crippen LogP contribution in [-0.2, 0) is 9.53 Å². The molecule has 0 unspecified atom stereocenters. The van der Waals surface area contributed by atoms with E-state index in [9.17, 15) is 9.59 Å². The van der Waals surface area contributed by atoms with Crippen LogP contribution in [0.1, 0.15) is 35.8 Å². The van der Waals surface area contributed by atoms with Crippen LogP contribution in [0.4, 0.5) is 0 Å². The zero-order valence-corrected chi connectivity index (χ0v) is 16.1. The van der Waals surface area contributed by atoms with Crippen molar-refractivity contribution >= 4 is 35.1 Å². The maximum absolute atomic E-state index is 12.3. The highest BCUT2D eigenvalue weighted by Gasteiger charge is 2.21. The highest BCUT2D eigenvalue weighted by Crippen LogP contribution is 2.26. The van der Waals surface area contributed by atoms with Crippen molar-refractivity contribution in [1.82, 2.24) is 5.32 Å². The minimum atomic E-state index is -0.960. The van der Waals surface area contributed by atoms with Crippen molar-refractivity contribution in [2.75, 3.05) is 7.11 Å². The van der Waals surface area contributed by atoms with E-state index < -0.39 is 18.0 Å². The van der Waals surface area contributed by atoms with Crippen LogP contribution in [0.5, 0.6) is 5.75 Å². The van der Waals surface area contributed by atoms with E-state index in [0.29, 0.717) is 21.4 Å². The van der Waals surface area contributed by atoms with Crippen LogP contribution >= 0.6 is 23.2 Å². The van der Waals surface area contributed by atoms with E-state index in [-0.39, 0.29) is 6.04 Å². The lowest BCUT2D eigenvalue weighted by molar-refractivity contribution is -0.129. The van der Waals surface area contributed by atoms with Gasteiger partial charge in [-0.15, -0.1) is 0 Å². The molecule has 2 atom stereocenters. The third-order valence-electron chi connectivity index (χ3n) is 3.77. The van der Waals surface area contributed by atoms with Crippen molar-refractivity contribution < 1.29 is 19.1 Å². The lowest BCUT2D eigenvalue weighted by Crippen LogP contribution is -2.37. The number of carbonyl (C=O) groups is 2. The predicted octanol–water partition coefficient (Wildman–Crippen LogP) is 4.42. The Labute approximate surface area is 162 Å². The van der Waals surface area contributed by atoms with Gasteiger partial charge in [0, 0.05) is 10.0 Å². The van der Waals surface area contributed by atoms with Gasteiger partial charge in [-0.2, -0.15) is 0 Å². The van der Waals surface area contributed by atoms with Gasteiger partial charge in [0.2, 0.25) is 0 Å². The number of hydrogen-bond acceptors (Lipinski definition) is 4. The summed E-state index contributed by atoms with van der Waals surface area (Å²) in [6.45, 7) is 3.29. The second kappa shape index (κ2) is 8.92. The van der Waals surface area contributed by atoms with Gasteiger partial charge in [-0.05, 0) is 55.8 Å². The fourth-order valence-corrected chi connectivity index (χ4v) is 2.84. The Bertz CT molecular complexity index is 793. The molecule has 1 N–H and O–H groups in total. The topological polar surface area (TPSA) is 64.6 Å². The normalized spacial score (nSPS) is 12.8. The Balaban J connectivity index is 1.96. The Kier molecular flexibility index (Phi) is 6.89. The second-order valence-electron chi connectivity index (χ2n) is 5.67. The van der Waals surface area contributed by atoms with E-state index in [1.807, 2.05) is 0 Å². The third kappa shape index (κ3) is 5.13. The molecule has 0 aliphatic rings. The third-order valence-corrected chi connectivity index (χ3v) is 4.33. The van der Waals surface area contributed by atoms with Crippen molar-refractivity contribution in [1.29, 1.82) is 0 Å². The van der Waals surface area contributed by atoms with Crippen LogP contribution in [0, 0.1) is 0 Å². The van der Waals surface area contributed by atoms with Gasteiger partial charge in [-0.1, -0.05) is 29.3 Å². The first kappa shape index (κ1) is 20.1. The van der Waals surface area contributed by atoms with E-state index in [2.05, 4.69) is 5.32 Å². The van der Waals surface area contributed by atoms with Crippen molar-refractivity contribution in [3.63, 3.8) is 0 Å². The summed E-state index contributed by atoms with van der Waals surface area (Å²) in [4.78, 5) is 24.4. The van der Waals surface area contributed by atoms with Crippen molar-refractivity contribution in [3.05, 3.63) is 63.6 Å². The van der Waals surface area contributed by atoms with Crippen LogP contribution < -0.4 is 10.1 Å². The van der Waals surface area contributed by atoms with Gasteiger partial charge in [0.15, 0.2) is 6.10 Å². The summed E-state index contributed by atoms with van der Waals surface area (Å²) in [5, 5.41) is 3.73. The summed E-state index contributed by atoms with van der Waals surface area (Å²) >= 11 is 12.0. The van der Waals surface area contributed by atoms with Crippen molar-refractivity contribution in [2.45, 2.75) is 26.0 Å². The Morgan fingerprint density at radius 1 is 1.04 bits per heavy atom. The molecule has 2 aromatic rings. The van der Waals surface area contributed by atoms with E-state index in [0.717, 1.165) is 5.56 Å². The summed E-state index contributed by atoms with van der Waals surface area (Å²) in [5.74, 6) is -0.390. The monoisotopic (exact) mass is 395 g/mol. The molecule has 0 aliphatic heterocycles. The molecule has 7 heteroatoms. The average Bonchev–Trinajstić information content (AvgIpc) is 2.61. The van der Waals surface area contributed by atoms with Crippen LogP contribution in [0.25, 0.3) is 0 Å². The summed E-state index contributed by atoms with van der Waals surface area (Å²) in [6.07, 6.45) is -0.960. The highest BCUT2D eigenvalue weighted by atomic mass is 35.5. The molecule has 0 saturated heterocycles. The molecule has 0 saturated carbocycles. The van der Waals surface area contributed by atoms with E-state index in [1.54, 1.807) is 49.4 Å². The van der Waals surface area contributed by atoms with E-state index >= 15 is 0 Å². The van der Waals surface area contributed by atoms with Crippen LogP contribution in [0.15, 0.2) is 42.5 Å². The molecular weight excluding hydrogens is 377 g/mol. The summed E-state index contributed by atoms with van der Waals surface area (Å²) in [5.41, 5.74) is 1.05. The first-order valence-corrected chi connectivity index (χ1v) is 8.67. The lowest BCUT2D eigenvalue weighted by atomic mass is 10.1. The number of methoxy groups -OCH3 is 1. The van der Waals surface area contributed by atoms with Crippen LogP contribution in [0.2, 0.25) is 10.0 Å². The smallest absolute Gasteiger partial charge is 0.338 e. The fraction of sp³-hybridized carbons (Fsp3) is 0.263. The maximum Gasteiger partial charge on any atom is 0.338 e. The number of nitrogens with one attached hydrogen (secondary N) is 1. The van der Waals surface area contributed by atoms with Gasteiger partial charge < -0.3 is 14.8 Å². The molecule has 0 spiro atoms. The van der Waals surface area contributed by atoms with Crippen LogP contribution in [0.3, 0.4) is 0 Å². The molecule has 0 fully saturated rings. The SMILES string of the molecule is COc1ccc(C(=O)O[C@@H](C)C(=O)N[C@H](C)c2ccc(Cl)cc2Cl)cc1. The van der Waals surface area contributed by atoms with Gasteiger partial charge in [0.05, 0.1) is 18.7 Å². The number of benzene rings is 2. The first-order chi connectivity index (χ1) is 12.3. The highest BCUT2D eigenvalue weighted by molar-refractivity contribution is 6.35. The standard InChI is InChI=1S/C19H19Cl2NO4/c1-11(16-9-6-14(20)10-17(16)21)22-18(23)12(2)26-19(24)13-4-7-15(25-3)8-5-13/h4-12H,1-3H3,(H,22,23)/t11-,12+/m1/s1. The lowest BCUT2D eigenvalue weighted by Gasteiger charge is -2.19. The minimum Gasteiger partial charge on any atom is -0.497 e. The summed E-state index contributed by atoms with van der Waals surface area (Å²) in [7, 11) is 1.54. The number of esters is 1. The Hall–Kier alpha value is -2.24. The molecule has 5 nitrogen and oxygen atoms in total. The average molecular weight is 396 g/mol. The number of carbonyl (C=O) groups excluding carboxylic acids is 2. The zero-order valence-electron chi connectivity index (χ0n) is 14.6. The van der Waals surface area contributed by atoms with Gasteiger partial charge >= 0.3 is 5.97 Å². The van der Waals surface area contributed by atoms with E-state index in [1.165, 1.54) is 14.0 Å². The van der Waals surface area contributed by atoms with Gasteiger partial charge in [0.1, 0.15) is 5.75 Å². The fourth-order valence-electron chi connectivity index (χ4n) is 2.27. The predicted molar refractivity (Wildman–Crippen MR) is 101 cm³/mol. The summed E-state index contributed by atoms with van der Waals surface area (Å²) < 4.78 is 10.2. The van der Waals surface area contributed by atoms with Crippen LogP contribution in [-0.4, -0.2) is 25.1 Å². The van der Waals surface area contributed by atoms with Crippen molar-refractivity contribution in [3.8, 4) is 5.75 Å². The second-order valence-corrected chi connectivity index (χ2v) is 6.52. The van der Waals surface area contributed by atoms with E-state index in [4.69, 9.17) is 32.7 Å². The Morgan fingerprint density at radius 3 is 2.27 bits per heavy atom. The molecule has 0 aromatic heterocycles. The molecule has 2 aromatic carbocycles. The zero-order chi connectivity index (χ0) is 19.3. The molecule has 1 amide bonds. The molecule has 0 heterocycles. The molecule has 2 rings (SSSR count). The first-order valence-electron chi connectivity index (χ1n) is 7.92. The summed E-state index contributed by atoms with van der Waals surface area (Å²) in [6, 6.07) is 11.1. The van der Waals surface area contributed by atoms with Gasteiger partial charge in [-0.25, -0.2) is 4.79 Å². The number of halogens is 2. The number of ether oxygens (including phenoxy) is 2. The quantitative estimate of drug-likeness (QED) is 0.734. The largest absolute Gasteiger partial charge is 0.497 e. The molecule has 138 valence electrons. The maximum atomic E-state index is 12.3. The van der Waals surface area contributed by atoms with Gasteiger partial charge in [-0.3, -0.25) is 4.79 Å². The molecule has 0 radical (unpaired) electrons. The molecule has 0 aliphatic carbocycles. The molecular formula is C19H19Cl2NO4. The Morgan fingerprint density at radius 2 is 1.69 bits per heavy atom. The molecule has 26 heavy (non-hydrogen) atoms. The number of rotatable bonds is 6. The number of amides is 1. The van der Waals surface area contributed by atoms with Crippen molar-refractivity contribution in [2.24, 2.45) is 0 Å². The van der Waals surface area contributed by atoms with Gasteiger partial charge in [0.25, 0.3) is 5.91 Å². The number of hydrogen-bond donors (Lipinski definition) is 1. The minimum absolute atomic E-state index is 0.333. The molecule has 0 bridgehead atoms.